The van der Waals surface area contributed by atoms with Gasteiger partial charge in [0.05, 0.1) is 17.8 Å². The van der Waals surface area contributed by atoms with Gasteiger partial charge in [0.25, 0.3) is 11.8 Å². The number of alkyl halides is 3. The summed E-state index contributed by atoms with van der Waals surface area (Å²) in [5.41, 5.74) is 1.40. The molecule has 2 atom stereocenters. The van der Waals surface area contributed by atoms with E-state index in [0.29, 0.717) is 35.4 Å². The predicted octanol–water partition coefficient (Wildman–Crippen LogP) is 4.20. The molecule has 186 valence electrons. The zero-order valence-electron chi connectivity index (χ0n) is 18.6. The summed E-state index contributed by atoms with van der Waals surface area (Å²) in [6.07, 6.45) is -3.66. The van der Waals surface area contributed by atoms with Crippen LogP contribution in [0.5, 0.6) is 11.5 Å². The molecule has 1 heterocycles. The monoisotopic (exact) mass is 511 g/mol. The van der Waals surface area contributed by atoms with Crippen molar-refractivity contribution in [3.63, 3.8) is 0 Å². The Hall–Kier alpha value is -3.60. The van der Waals surface area contributed by atoms with Gasteiger partial charge in [-0.25, -0.2) is 4.98 Å². The maximum atomic E-state index is 12.7. The van der Waals surface area contributed by atoms with E-state index in [1.165, 1.54) is 12.1 Å². The van der Waals surface area contributed by atoms with Crippen molar-refractivity contribution in [1.29, 1.82) is 0 Å². The normalized spacial score (nSPS) is 16.1. The predicted molar refractivity (Wildman–Crippen MR) is 119 cm³/mol. The van der Waals surface area contributed by atoms with Crippen LogP contribution < -0.4 is 20.1 Å². The number of hydrogen-bond donors (Lipinski definition) is 2. The molecule has 12 heteroatoms. The lowest BCUT2D eigenvalue weighted by atomic mass is 9.88. The smallest absolute Gasteiger partial charge is 0.480 e. The Labute approximate surface area is 203 Å². The molecule has 0 spiro atoms. The molecular weight excluding hydrogens is 491 g/mol. The van der Waals surface area contributed by atoms with Gasteiger partial charge in [0, 0.05) is 17.1 Å². The molecule has 0 bridgehead atoms. The summed E-state index contributed by atoms with van der Waals surface area (Å²) in [5, 5.41) is 5.83. The van der Waals surface area contributed by atoms with Crippen molar-refractivity contribution in [1.82, 2.24) is 15.6 Å². The maximum Gasteiger partial charge on any atom is 0.573 e. The molecule has 1 aliphatic rings. The first kappa shape index (κ1) is 26.0. The molecule has 2 unspecified atom stereocenters. The first-order chi connectivity index (χ1) is 16.5. The molecule has 1 aliphatic carbocycles. The van der Waals surface area contributed by atoms with Crippen LogP contribution in [0.4, 0.5) is 13.2 Å². The van der Waals surface area contributed by atoms with E-state index in [1.54, 1.807) is 19.9 Å². The van der Waals surface area contributed by atoms with Crippen LogP contribution >= 0.6 is 11.6 Å². The minimum atomic E-state index is -4.85. The molecule has 8 nitrogen and oxygen atoms in total. The van der Waals surface area contributed by atoms with E-state index in [9.17, 15) is 27.6 Å². The molecule has 3 rings (SSSR count). The van der Waals surface area contributed by atoms with Crippen molar-refractivity contribution in [2.45, 2.75) is 45.2 Å². The number of rotatable bonds is 9. The number of hydrogen-bond acceptors (Lipinski definition) is 6. The summed E-state index contributed by atoms with van der Waals surface area (Å²) in [4.78, 5) is 40.0. The zero-order chi connectivity index (χ0) is 25.8. The molecule has 0 saturated heterocycles. The summed E-state index contributed by atoms with van der Waals surface area (Å²) in [7, 11) is 0. The highest BCUT2D eigenvalue weighted by Crippen LogP contribution is 2.28. The van der Waals surface area contributed by atoms with Crippen LogP contribution in [0.15, 0.2) is 47.8 Å². The van der Waals surface area contributed by atoms with Crippen molar-refractivity contribution >= 4 is 29.7 Å². The number of nitrogens with one attached hydrogen (secondary N) is 2. The number of nitrogens with zero attached hydrogens (tertiary/aromatic N) is 1. The Morgan fingerprint density at radius 1 is 1.29 bits per heavy atom. The summed E-state index contributed by atoms with van der Waals surface area (Å²) in [6, 6.07) is 6.25. The van der Waals surface area contributed by atoms with Gasteiger partial charge < -0.3 is 20.1 Å². The topological polar surface area (TPSA) is 107 Å². The van der Waals surface area contributed by atoms with Crippen molar-refractivity contribution < 1.29 is 37.0 Å². The molecule has 35 heavy (non-hydrogen) atoms. The number of pyridine rings is 1. The zero-order valence-corrected chi connectivity index (χ0v) is 19.4. The maximum absolute atomic E-state index is 12.7. The molecule has 1 aromatic heterocycles. The van der Waals surface area contributed by atoms with Gasteiger partial charge in [-0.2, -0.15) is 0 Å². The van der Waals surface area contributed by atoms with E-state index in [1.807, 2.05) is 0 Å². The summed E-state index contributed by atoms with van der Waals surface area (Å²) in [5.74, 6) is -1.31. The van der Waals surface area contributed by atoms with Gasteiger partial charge in [-0.15, -0.1) is 13.2 Å². The number of amides is 2. The number of aldehydes is 1. The van der Waals surface area contributed by atoms with Gasteiger partial charge in [-0.05, 0) is 49.2 Å². The summed E-state index contributed by atoms with van der Waals surface area (Å²) in [6.45, 7) is 3.48. The number of carbonyl (C=O) groups excluding carboxylic acids is 3. The third-order valence-corrected chi connectivity index (χ3v) is 5.46. The molecule has 2 aromatic rings. The van der Waals surface area contributed by atoms with Crippen molar-refractivity contribution in [2.24, 2.45) is 0 Å². The number of ether oxygens (including phenoxy) is 2. The first-order valence-corrected chi connectivity index (χ1v) is 10.8. The number of benzene rings is 1. The third-order valence-electron chi connectivity index (χ3n) is 5.22. The quantitative estimate of drug-likeness (QED) is 0.489. The second kappa shape index (κ2) is 10.8. The number of aromatic nitrogens is 1. The third kappa shape index (κ3) is 6.72. The lowest BCUT2D eigenvalue weighted by molar-refractivity contribution is -0.274. The average Bonchev–Trinajstić information content (AvgIpc) is 2.81. The SMILES string of the molecule is CCC(Oc1ccc(Cl)cc1C=O)C(=O)NC1CC(NC(=O)c2ccc(OC(F)(F)F)cn2)=C1C. The lowest BCUT2D eigenvalue weighted by Gasteiger charge is -2.33. The molecule has 0 fully saturated rings. The van der Waals surface area contributed by atoms with Gasteiger partial charge in [-0.3, -0.25) is 14.4 Å². The van der Waals surface area contributed by atoms with Gasteiger partial charge in [-0.1, -0.05) is 18.5 Å². The van der Waals surface area contributed by atoms with E-state index in [4.69, 9.17) is 16.3 Å². The summed E-state index contributed by atoms with van der Waals surface area (Å²) < 4.78 is 46.1. The Balaban J connectivity index is 1.57. The average molecular weight is 512 g/mol. The van der Waals surface area contributed by atoms with Crippen LogP contribution in [-0.4, -0.2) is 41.6 Å². The van der Waals surface area contributed by atoms with Crippen LogP contribution in [0, 0.1) is 0 Å². The Morgan fingerprint density at radius 3 is 2.60 bits per heavy atom. The van der Waals surface area contributed by atoms with Crippen LogP contribution in [0.2, 0.25) is 5.02 Å². The molecule has 0 saturated carbocycles. The van der Waals surface area contributed by atoms with Crippen LogP contribution in [0.1, 0.15) is 47.5 Å². The molecular formula is C23H21ClF3N3O5. The van der Waals surface area contributed by atoms with Crippen molar-refractivity contribution in [2.75, 3.05) is 0 Å². The Bertz CT molecular complexity index is 1150. The minimum absolute atomic E-state index is 0.0966. The molecule has 0 radical (unpaired) electrons. The fourth-order valence-electron chi connectivity index (χ4n) is 3.27. The standard InChI is InChI=1S/C23H21ClF3N3O5/c1-3-19(34-20-7-4-14(24)8-13(20)11-31)22(33)30-18-9-17(12(18)2)29-21(32)16-6-5-15(10-28-16)35-23(25,26)27/h4-8,10-11,18-19H,3,9H2,1-2H3,(H,29,32)(H,30,33). The van der Waals surface area contributed by atoms with E-state index in [2.05, 4.69) is 20.4 Å². The first-order valence-electron chi connectivity index (χ1n) is 10.4. The van der Waals surface area contributed by atoms with Crippen molar-refractivity contribution in [3.8, 4) is 11.5 Å². The van der Waals surface area contributed by atoms with Gasteiger partial charge in [0.1, 0.15) is 17.2 Å². The van der Waals surface area contributed by atoms with Gasteiger partial charge in [0.15, 0.2) is 12.4 Å². The number of carbonyl (C=O) groups is 3. The Morgan fingerprint density at radius 2 is 2.03 bits per heavy atom. The van der Waals surface area contributed by atoms with E-state index in [0.717, 1.165) is 18.3 Å². The molecule has 1 aromatic carbocycles. The van der Waals surface area contributed by atoms with Gasteiger partial charge >= 0.3 is 6.36 Å². The fraction of sp³-hybridized carbons (Fsp3) is 0.304. The highest BCUT2D eigenvalue weighted by atomic mass is 35.5. The van der Waals surface area contributed by atoms with E-state index in [-0.39, 0.29) is 23.0 Å². The molecule has 0 aliphatic heterocycles. The van der Waals surface area contributed by atoms with E-state index >= 15 is 0 Å². The largest absolute Gasteiger partial charge is 0.573 e. The van der Waals surface area contributed by atoms with Crippen LogP contribution in [0.25, 0.3) is 0 Å². The molecule has 2 amide bonds. The number of halogens is 4. The second-order valence-corrected chi connectivity index (χ2v) is 8.06. The highest BCUT2D eigenvalue weighted by Gasteiger charge is 2.33. The Kier molecular flexibility index (Phi) is 8.00. The molecule has 2 N–H and O–H groups in total. The summed E-state index contributed by atoms with van der Waals surface area (Å²) >= 11 is 5.88. The van der Waals surface area contributed by atoms with E-state index < -0.39 is 30.0 Å². The lowest BCUT2D eigenvalue weighted by Crippen LogP contribution is -2.49. The minimum Gasteiger partial charge on any atom is -0.480 e. The van der Waals surface area contributed by atoms with Gasteiger partial charge in [0.2, 0.25) is 0 Å². The van der Waals surface area contributed by atoms with Crippen LogP contribution in [-0.2, 0) is 4.79 Å². The fourth-order valence-corrected chi connectivity index (χ4v) is 3.46. The van der Waals surface area contributed by atoms with Crippen LogP contribution in [0.3, 0.4) is 0 Å². The highest BCUT2D eigenvalue weighted by molar-refractivity contribution is 6.30. The van der Waals surface area contributed by atoms with Crippen molar-refractivity contribution in [3.05, 3.63) is 64.1 Å². The second-order valence-electron chi connectivity index (χ2n) is 7.62.